The number of ether oxygens (including phenoxy) is 2. The predicted octanol–water partition coefficient (Wildman–Crippen LogP) is 5.07. The van der Waals surface area contributed by atoms with E-state index in [9.17, 15) is 9.90 Å². The van der Waals surface area contributed by atoms with Gasteiger partial charge in [0, 0.05) is 45.4 Å². The molecule has 0 aliphatic carbocycles. The van der Waals surface area contributed by atoms with Gasteiger partial charge in [-0.15, -0.1) is 0 Å². The van der Waals surface area contributed by atoms with Gasteiger partial charge in [-0.3, -0.25) is 4.98 Å². The molecule has 34 heavy (non-hydrogen) atoms. The fourth-order valence-corrected chi connectivity index (χ4v) is 3.91. The minimum absolute atomic E-state index is 0.231. The Labute approximate surface area is 201 Å². The topological polar surface area (TPSA) is 99.4 Å². The second-order valence-corrected chi connectivity index (χ2v) is 8.27. The third-order valence-corrected chi connectivity index (χ3v) is 5.95. The van der Waals surface area contributed by atoms with Gasteiger partial charge in [0.2, 0.25) is 11.6 Å². The van der Waals surface area contributed by atoms with Gasteiger partial charge in [0.15, 0.2) is 0 Å². The molecule has 0 bridgehead atoms. The molecule has 1 N–H and O–H groups in total. The summed E-state index contributed by atoms with van der Waals surface area (Å²) in [5.74, 6) is -0.581. The van der Waals surface area contributed by atoms with E-state index in [0.29, 0.717) is 29.9 Å². The largest absolute Gasteiger partial charge is 0.478 e. The number of carboxylic acid groups (broad SMARTS) is 1. The average molecular weight is 467 g/mol. The number of benzene rings is 1. The second kappa shape index (κ2) is 11.9. The quantitative estimate of drug-likeness (QED) is 0.351. The monoisotopic (exact) mass is 466 g/mol. The van der Waals surface area contributed by atoms with Gasteiger partial charge in [-0.1, -0.05) is 51.0 Å². The number of hydrogen-bond acceptors (Lipinski definition) is 6. The first-order chi connectivity index (χ1) is 16.5. The number of rotatable bonds is 13. The Hall–Kier alpha value is -3.10. The summed E-state index contributed by atoms with van der Waals surface area (Å²) in [6, 6.07) is 10.7. The fourth-order valence-electron chi connectivity index (χ4n) is 3.91. The first-order valence-electron chi connectivity index (χ1n) is 11.8. The van der Waals surface area contributed by atoms with Crippen LogP contribution in [0.25, 0.3) is 11.3 Å². The number of carbonyl (C=O) groups is 1. The first kappa shape index (κ1) is 25.5. The van der Waals surface area contributed by atoms with Crippen molar-refractivity contribution in [3.8, 4) is 11.3 Å². The summed E-state index contributed by atoms with van der Waals surface area (Å²) >= 11 is 0. The van der Waals surface area contributed by atoms with E-state index >= 15 is 0 Å². The van der Waals surface area contributed by atoms with Gasteiger partial charge in [-0.05, 0) is 30.5 Å². The summed E-state index contributed by atoms with van der Waals surface area (Å²) < 4.78 is 13.5. The average Bonchev–Trinajstić information content (AvgIpc) is 3.27. The molecule has 0 spiro atoms. The molecule has 1 aromatic carbocycles. The Morgan fingerprint density at radius 3 is 2.41 bits per heavy atom. The molecule has 0 aliphatic rings. The Bertz CT molecular complexity index is 1070. The highest BCUT2D eigenvalue weighted by atomic mass is 16.7. The van der Waals surface area contributed by atoms with Gasteiger partial charge in [0.1, 0.15) is 5.82 Å². The summed E-state index contributed by atoms with van der Waals surface area (Å²) in [6.07, 6.45) is 6.97. The van der Waals surface area contributed by atoms with Crippen molar-refractivity contribution >= 4 is 5.97 Å². The molecule has 0 fully saturated rings. The van der Waals surface area contributed by atoms with Crippen LogP contribution in [0.15, 0.2) is 42.6 Å². The molecule has 8 heteroatoms. The molecular weight excluding hydrogens is 432 g/mol. The molecule has 0 unspecified atom stereocenters. The van der Waals surface area contributed by atoms with Crippen molar-refractivity contribution in [3.05, 3.63) is 65.4 Å². The van der Waals surface area contributed by atoms with Crippen molar-refractivity contribution < 1.29 is 19.4 Å². The number of aryl methyl sites for hydroxylation is 1. The third kappa shape index (κ3) is 5.69. The molecule has 0 atom stereocenters. The van der Waals surface area contributed by atoms with E-state index in [2.05, 4.69) is 18.8 Å². The van der Waals surface area contributed by atoms with Crippen molar-refractivity contribution in [2.45, 2.75) is 64.7 Å². The van der Waals surface area contributed by atoms with Crippen molar-refractivity contribution in [2.24, 2.45) is 0 Å². The van der Waals surface area contributed by atoms with Crippen LogP contribution in [0.2, 0.25) is 0 Å². The van der Waals surface area contributed by atoms with Crippen LogP contribution in [-0.2, 0) is 28.2 Å². The van der Waals surface area contributed by atoms with Gasteiger partial charge in [-0.25, -0.2) is 14.5 Å². The normalized spacial score (nSPS) is 11.6. The second-order valence-electron chi connectivity index (χ2n) is 8.27. The zero-order valence-corrected chi connectivity index (χ0v) is 20.5. The molecule has 2 aromatic heterocycles. The number of unbranched alkanes of at least 4 members (excludes halogenated alkanes) is 2. The highest BCUT2D eigenvalue weighted by Gasteiger charge is 2.37. The summed E-state index contributed by atoms with van der Waals surface area (Å²) in [4.78, 5) is 20.9. The first-order valence-corrected chi connectivity index (χ1v) is 11.8. The van der Waals surface area contributed by atoms with Crippen LogP contribution in [0.4, 0.5) is 0 Å². The molecule has 0 radical (unpaired) electrons. The lowest BCUT2D eigenvalue weighted by Crippen LogP contribution is -2.32. The van der Waals surface area contributed by atoms with Gasteiger partial charge in [-0.2, -0.15) is 5.10 Å². The Morgan fingerprint density at radius 2 is 1.79 bits per heavy atom. The number of pyridine rings is 1. The van der Waals surface area contributed by atoms with E-state index in [4.69, 9.17) is 19.6 Å². The zero-order valence-electron chi connectivity index (χ0n) is 20.5. The molecule has 0 saturated heterocycles. The molecular formula is C26H34N4O4. The lowest BCUT2D eigenvalue weighted by molar-refractivity contribution is -0.226. The van der Waals surface area contributed by atoms with Gasteiger partial charge in [0.05, 0.1) is 11.3 Å². The van der Waals surface area contributed by atoms with Crippen molar-refractivity contribution in [1.29, 1.82) is 0 Å². The summed E-state index contributed by atoms with van der Waals surface area (Å²) in [6.45, 7) is 5.03. The van der Waals surface area contributed by atoms with Crippen LogP contribution in [0.5, 0.6) is 0 Å². The number of nitrogens with zero attached hydrogens (tertiary/aromatic N) is 4. The minimum Gasteiger partial charge on any atom is -0.478 e. The maximum Gasteiger partial charge on any atom is 0.336 e. The molecule has 8 nitrogen and oxygen atoms in total. The maximum absolute atomic E-state index is 11.6. The van der Waals surface area contributed by atoms with E-state index in [1.54, 1.807) is 38.6 Å². The number of aromatic carboxylic acids is 1. The van der Waals surface area contributed by atoms with Gasteiger partial charge >= 0.3 is 5.97 Å². The van der Waals surface area contributed by atoms with Crippen LogP contribution in [-0.4, -0.2) is 45.0 Å². The molecule has 0 saturated carbocycles. The molecule has 0 amide bonds. The van der Waals surface area contributed by atoms with Gasteiger partial charge in [0.25, 0.3) is 0 Å². The number of hydrogen-bond donors (Lipinski definition) is 1. The third-order valence-electron chi connectivity index (χ3n) is 5.95. The number of methoxy groups -OCH3 is 2. The van der Waals surface area contributed by atoms with Crippen molar-refractivity contribution in [2.75, 3.05) is 14.2 Å². The maximum atomic E-state index is 11.6. The molecule has 2 heterocycles. The molecule has 3 rings (SSSR count). The van der Waals surface area contributed by atoms with Crippen LogP contribution < -0.4 is 0 Å². The van der Waals surface area contributed by atoms with Crippen LogP contribution in [0.3, 0.4) is 0 Å². The molecule has 182 valence electrons. The fraction of sp³-hybridized carbons (Fsp3) is 0.462. The van der Waals surface area contributed by atoms with Crippen LogP contribution in [0, 0.1) is 0 Å². The van der Waals surface area contributed by atoms with E-state index in [1.165, 1.54) is 0 Å². The highest BCUT2D eigenvalue weighted by molar-refractivity contribution is 5.95. The van der Waals surface area contributed by atoms with Crippen molar-refractivity contribution in [3.63, 3.8) is 0 Å². The highest BCUT2D eigenvalue weighted by Crippen LogP contribution is 2.30. The van der Waals surface area contributed by atoms with E-state index in [-0.39, 0.29) is 5.56 Å². The lowest BCUT2D eigenvalue weighted by Gasteiger charge is -2.27. The summed E-state index contributed by atoms with van der Waals surface area (Å²) in [5.41, 5.74) is 2.40. The van der Waals surface area contributed by atoms with Crippen molar-refractivity contribution in [1.82, 2.24) is 19.7 Å². The number of carboxylic acids is 1. The minimum atomic E-state index is -0.971. The Kier molecular flexibility index (Phi) is 8.90. The summed E-state index contributed by atoms with van der Waals surface area (Å²) in [5, 5.41) is 14.3. The zero-order chi connectivity index (χ0) is 24.6. The van der Waals surface area contributed by atoms with Gasteiger partial charge < -0.3 is 14.6 Å². The number of aromatic nitrogens is 4. The smallest absolute Gasteiger partial charge is 0.336 e. The lowest BCUT2D eigenvalue weighted by atomic mass is 10.0. The standard InChI is InChI=1S/C26H34N4O4/c1-5-7-15-26(33-3,34-4)25-28-23(30(29-25)16-8-6-2)17-19-13-14-22(27-18-19)20-11-9-10-12-21(20)24(31)32/h9-14,18H,5-8,15-17H2,1-4H3,(H,31,32). The SMILES string of the molecule is CCCCn1nc(C(CCCC)(OC)OC)nc1Cc1ccc(-c2ccccc2C(=O)O)nc1. The van der Waals surface area contributed by atoms with Crippen LogP contribution in [0.1, 0.15) is 73.5 Å². The van der Waals surface area contributed by atoms with E-state index in [0.717, 1.165) is 43.6 Å². The van der Waals surface area contributed by atoms with E-state index in [1.807, 2.05) is 22.9 Å². The van der Waals surface area contributed by atoms with E-state index < -0.39 is 11.8 Å². The summed E-state index contributed by atoms with van der Waals surface area (Å²) in [7, 11) is 3.26. The molecule has 3 aromatic rings. The Morgan fingerprint density at radius 1 is 1.06 bits per heavy atom. The van der Waals surface area contributed by atoms with Crippen LogP contribution >= 0.6 is 0 Å². The predicted molar refractivity (Wildman–Crippen MR) is 130 cm³/mol. The molecule has 0 aliphatic heterocycles. The Balaban J connectivity index is 1.90.